The summed E-state index contributed by atoms with van der Waals surface area (Å²) in [4.78, 5) is 0.662. The number of aromatic amines is 1. The first-order valence-corrected chi connectivity index (χ1v) is 10.2. The smallest absolute Gasteiger partial charge is 0.235 e. The third-order valence-corrected chi connectivity index (χ3v) is 5.76. The molecule has 31 heavy (non-hydrogen) atoms. The molecule has 0 atom stereocenters. The number of aromatic nitrogens is 6. The quantitative estimate of drug-likeness (QED) is 0.432. The summed E-state index contributed by atoms with van der Waals surface area (Å²) in [5, 5.41) is 21.5. The van der Waals surface area contributed by atoms with Crippen molar-refractivity contribution < 1.29 is 14.2 Å². The first-order valence-electron chi connectivity index (χ1n) is 9.35. The van der Waals surface area contributed by atoms with Gasteiger partial charge in [0, 0.05) is 5.56 Å². The predicted molar refractivity (Wildman–Crippen MR) is 117 cm³/mol. The van der Waals surface area contributed by atoms with E-state index in [4.69, 9.17) is 19.3 Å². The number of rotatable bonds is 6. The van der Waals surface area contributed by atoms with Crippen LogP contribution in [0.5, 0.6) is 17.2 Å². The van der Waals surface area contributed by atoms with Crippen molar-refractivity contribution >= 4 is 16.3 Å². The van der Waals surface area contributed by atoms with E-state index in [1.54, 1.807) is 25.8 Å². The lowest BCUT2D eigenvalue weighted by molar-refractivity contribution is 0.356. The number of methoxy groups -OCH3 is 3. The van der Waals surface area contributed by atoms with Crippen molar-refractivity contribution in [1.29, 1.82) is 0 Å². The second-order valence-electron chi connectivity index (χ2n) is 6.56. The molecule has 5 rings (SSSR count). The van der Waals surface area contributed by atoms with Gasteiger partial charge in [-0.05, 0) is 42.5 Å². The predicted octanol–water partition coefficient (Wildman–Crippen LogP) is 3.94. The van der Waals surface area contributed by atoms with E-state index in [0.29, 0.717) is 28.0 Å². The standard InChI is InChI=1S/C21H18N6O3S/c1-28-13-9-7-12(8-10-13)15-11-16(23-22-15)19-24-25-21-27(19)26-20(31-21)14-5-4-6-17(29-2)18(14)30-3/h4-11H,1-3H3,(H,22,23). The lowest BCUT2D eigenvalue weighted by Gasteiger charge is -2.10. The van der Waals surface area contributed by atoms with Gasteiger partial charge in [0.2, 0.25) is 10.8 Å². The molecule has 0 unspecified atom stereocenters. The molecule has 3 aromatic heterocycles. The maximum absolute atomic E-state index is 5.55. The third-order valence-electron chi connectivity index (χ3n) is 4.83. The van der Waals surface area contributed by atoms with Crippen LogP contribution in [0.2, 0.25) is 0 Å². The van der Waals surface area contributed by atoms with E-state index in [2.05, 4.69) is 20.4 Å². The van der Waals surface area contributed by atoms with E-state index in [0.717, 1.165) is 27.6 Å². The van der Waals surface area contributed by atoms with Crippen molar-refractivity contribution in [3.8, 4) is 50.6 Å². The third kappa shape index (κ3) is 3.26. The van der Waals surface area contributed by atoms with E-state index in [1.165, 1.54) is 11.3 Å². The lowest BCUT2D eigenvalue weighted by Crippen LogP contribution is -1.94. The molecule has 0 radical (unpaired) electrons. The number of ether oxygens (including phenoxy) is 3. The van der Waals surface area contributed by atoms with E-state index >= 15 is 0 Å². The van der Waals surface area contributed by atoms with Gasteiger partial charge in [-0.2, -0.15) is 14.7 Å². The van der Waals surface area contributed by atoms with Crippen LogP contribution in [0.4, 0.5) is 0 Å². The van der Waals surface area contributed by atoms with Gasteiger partial charge >= 0.3 is 0 Å². The molecule has 1 N–H and O–H groups in total. The zero-order valence-corrected chi connectivity index (χ0v) is 17.8. The number of hydrogen-bond acceptors (Lipinski definition) is 8. The van der Waals surface area contributed by atoms with Crippen molar-refractivity contribution in [3.05, 3.63) is 48.5 Å². The van der Waals surface area contributed by atoms with E-state index in [-0.39, 0.29) is 0 Å². The van der Waals surface area contributed by atoms with Crippen LogP contribution in [0.15, 0.2) is 48.5 Å². The number of benzene rings is 2. The minimum Gasteiger partial charge on any atom is -0.497 e. The first-order chi connectivity index (χ1) is 15.2. The van der Waals surface area contributed by atoms with Crippen LogP contribution in [0.25, 0.3) is 38.3 Å². The van der Waals surface area contributed by atoms with Gasteiger partial charge in [-0.3, -0.25) is 5.10 Å². The van der Waals surface area contributed by atoms with Gasteiger partial charge < -0.3 is 14.2 Å². The van der Waals surface area contributed by atoms with Gasteiger partial charge in [0.25, 0.3) is 0 Å². The van der Waals surface area contributed by atoms with Gasteiger partial charge in [-0.15, -0.1) is 10.2 Å². The van der Waals surface area contributed by atoms with Gasteiger partial charge in [0.1, 0.15) is 11.4 Å². The summed E-state index contributed by atoms with van der Waals surface area (Å²) in [7, 11) is 4.86. The van der Waals surface area contributed by atoms with Crippen LogP contribution in [-0.4, -0.2) is 51.3 Å². The summed E-state index contributed by atoms with van der Waals surface area (Å²) in [6.45, 7) is 0. The minimum absolute atomic E-state index is 0.576. The van der Waals surface area contributed by atoms with Crippen molar-refractivity contribution in [3.63, 3.8) is 0 Å². The summed E-state index contributed by atoms with van der Waals surface area (Å²) < 4.78 is 17.9. The number of fused-ring (bicyclic) bond motifs is 1. The molecule has 0 bridgehead atoms. The fraction of sp³-hybridized carbons (Fsp3) is 0.143. The number of nitrogens with zero attached hydrogens (tertiary/aromatic N) is 5. The molecule has 0 saturated heterocycles. The molecule has 3 heterocycles. The molecule has 0 aliphatic carbocycles. The van der Waals surface area contributed by atoms with E-state index < -0.39 is 0 Å². The summed E-state index contributed by atoms with van der Waals surface area (Å²) in [5.74, 6) is 2.64. The van der Waals surface area contributed by atoms with Crippen molar-refractivity contribution in [2.24, 2.45) is 0 Å². The molecule has 0 fully saturated rings. The van der Waals surface area contributed by atoms with Gasteiger partial charge in [0.05, 0.1) is 32.6 Å². The molecule has 0 saturated carbocycles. The van der Waals surface area contributed by atoms with Crippen LogP contribution < -0.4 is 14.2 Å². The molecule has 0 spiro atoms. The molecule has 0 amide bonds. The molecule has 10 heteroatoms. The molecular weight excluding hydrogens is 416 g/mol. The highest BCUT2D eigenvalue weighted by Gasteiger charge is 2.20. The molecule has 5 aromatic rings. The summed E-state index contributed by atoms with van der Waals surface area (Å²) in [5.41, 5.74) is 3.29. The number of hydrogen-bond donors (Lipinski definition) is 1. The zero-order valence-electron chi connectivity index (χ0n) is 17.0. The highest BCUT2D eigenvalue weighted by atomic mass is 32.1. The van der Waals surface area contributed by atoms with Crippen LogP contribution in [-0.2, 0) is 0 Å². The van der Waals surface area contributed by atoms with Crippen molar-refractivity contribution in [2.75, 3.05) is 21.3 Å². The van der Waals surface area contributed by atoms with Crippen LogP contribution in [0, 0.1) is 0 Å². The SMILES string of the molecule is COc1ccc(-c2cc(-c3nnc4sc(-c5cccc(OC)c5OC)nn34)[nH]n2)cc1. The van der Waals surface area contributed by atoms with Crippen molar-refractivity contribution in [1.82, 2.24) is 30.0 Å². The molecular formula is C21H18N6O3S. The second-order valence-corrected chi connectivity index (χ2v) is 7.52. The maximum Gasteiger partial charge on any atom is 0.235 e. The monoisotopic (exact) mass is 434 g/mol. The molecule has 0 aliphatic rings. The normalized spacial score (nSPS) is 11.1. The fourth-order valence-electron chi connectivity index (χ4n) is 3.30. The largest absolute Gasteiger partial charge is 0.497 e. The first kappa shape index (κ1) is 19.1. The average molecular weight is 434 g/mol. The summed E-state index contributed by atoms with van der Waals surface area (Å²) in [6, 6.07) is 15.3. The Bertz CT molecular complexity index is 1360. The highest BCUT2D eigenvalue weighted by molar-refractivity contribution is 7.19. The van der Waals surface area contributed by atoms with Gasteiger partial charge in [-0.25, -0.2) is 0 Å². The van der Waals surface area contributed by atoms with Gasteiger partial charge in [-0.1, -0.05) is 17.4 Å². The topological polar surface area (TPSA) is 99.5 Å². The Morgan fingerprint density at radius 1 is 0.935 bits per heavy atom. The Morgan fingerprint density at radius 3 is 2.52 bits per heavy atom. The molecule has 9 nitrogen and oxygen atoms in total. The summed E-state index contributed by atoms with van der Waals surface area (Å²) >= 11 is 1.42. The number of nitrogens with one attached hydrogen (secondary N) is 1. The number of para-hydroxylation sites is 1. The molecule has 0 aliphatic heterocycles. The van der Waals surface area contributed by atoms with E-state index in [1.807, 2.05) is 48.5 Å². The molecule has 2 aromatic carbocycles. The Morgan fingerprint density at radius 2 is 1.77 bits per heavy atom. The van der Waals surface area contributed by atoms with Crippen LogP contribution in [0.3, 0.4) is 0 Å². The fourth-order valence-corrected chi connectivity index (χ4v) is 4.16. The average Bonchev–Trinajstić information content (AvgIpc) is 3.54. The Hall–Kier alpha value is -3.92. The Kier molecular flexibility index (Phi) is 4.75. The Labute approximate surface area is 181 Å². The van der Waals surface area contributed by atoms with E-state index in [9.17, 15) is 0 Å². The van der Waals surface area contributed by atoms with Crippen LogP contribution in [0.1, 0.15) is 0 Å². The van der Waals surface area contributed by atoms with Crippen LogP contribution >= 0.6 is 11.3 Å². The van der Waals surface area contributed by atoms with Crippen molar-refractivity contribution in [2.45, 2.75) is 0 Å². The second kappa shape index (κ2) is 7.73. The Balaban J connectivity index is 1.53. The zero-order chi connectivity index (χ0) is 21.4. The number of H-pyrrole nitrogens is 1. The van der Waals surface area contributed by atoms with Gasteiger partial charge in [0.15, 0.2) is 16.5 Å². The highest BCUT2D eigenvalue weighted by Crippen LogP contribution is 2.39. The lowest BCUT2D eigenvalue weighted by atomic mass is 10.1. The molecule has 156 valence electrons. The minimum atomic E-state index is 0.576. The maximum atomic E-state index is 5.55. The summed E-state index contributed by atoms with van der Waals surface area (Å²) in [6.07, 6.45) is 0.